The minimum atomic E-state index is -0.695. The number of hydrogen-bond acceptors (Lipinski definition) is 2. The zero-order valence-corrected chi connectivity index (χ0v) is 14.6. The second kappa shape index (κ2) is 17.0. The van der Waals surface area contributed by atoms with Gasteiger partial charge >= 0.3 is 5.97 Å². The molecule has 0 rings (SSSR count). The molecule has 0 aliphatic heterocycles. The molecule has 0 aliphatic rings. The lowest BCUT2D eigenvalue weighted by atomic mass is 10.1. The molecule has 0 saturated carbocycles. The van der Waals surface area contributed by atoms with Crippen LogP contribution in [0, 0.1) is 0 Å². The van der Waals surface area contributed by atoms with Crippen molar-refractivity contribution in [2.24, 2.45) is 0 Å². The number of aliphatic hydroxyl groups is 1. The predicted octanol–water partition coefficient (Wildman–Crippen LogP) is 5.41. The fourth-order valence-corrected chi connectivity index (χ4v) is 2.23. The number of carbonyl (C=O) groups is 1. The second-order valence-corrected chi connectivity index (χ2v) is 5.93. The van der Waals surface area contributed by atoms with Gasteiger partial charge in [-0.25, -0.2) is 0 Å². The third-order valence-corrected chi connectivity index (χ3v) is 3.63. The molecule has 0 aromatic rings. The molecule has 3 heteroatoms. The van der Waals surface area contributed by atoms with Crippen LogP contribution in [0.1, 0.15) is 77.6 Å². The zero-order valence-electron chi connectivity index (χ0n) is 14.6. The highest BCUT2D eigenvalue weighted by atomic mass is 16.4. The summed E-state index contributed by atoms with van der Waals surface area (Å²) in [6.07, 6.45) is 22.5. The third kappa shape index (κ3) is 18.6. The molecule has 0 aromatic heterocycles. The summed E-state index contributed by atoms with van der Waals surface area (Å²) in [5.41, 5.74) is 0. The molecule has 0 aromatic carbocycles. The smallest absolute Gasteiger partial charge is 0.303 e. The number of carboxylic acid groups (broad SMARTS) is 1. The Labute approximate surface area is 141 Å². The SMILES string of the molecule is CCCCC[C@H](O)C=CC=CCC=CCCCCCCC(=O)O. The Balaban J connectivity index is 3.45. The largest absolute Gasteiger partial charge is 0.481 e. The average Bonchev–Trinajstić information content (AvgIpc) is 2.51. The minimum Gasteiger partial charge on any atom is -0.481 e. The Morgan fingerprint density at radius 1 is 0.957 bits per heavy atom. The molecule has 1 atom stereocenters. The van der Waals surface area contributed by atoms with Gasteiger partial charge in [-0.3, -0.25) is 4.79 Å². The van der Waals surface area contributed by atoms with Crippen LogP contribution in [0.15, 0.2) is 36.5 Å². The monoisotopic (exact) mass is 322 g/mol. The first-order valence-corrected chi connectivity index (χ1v) is 9.05. The zero-order chi connectivity index (χ0) is 17.2. The molecule has 2 N–H and O–H groups in total. The van der Waals surface area contributed by atoms with Crippen LogP contribution < -0.4 is 0 Å². The van der Waals surface area contributed by atoms with Crippen LogP contribution in [0.3, 0.4) is 0 Å². The van der Waals surface area contributed by atoms with E-state index < -0.39 is 5.97 Å². The van der Waals surface area contributed by atoms with Crippen LogP contribution in [-0.4, -0.2) is 22.3 Å². The number of unbranched alkanes of at least 4 members (excludes halogenated alkanes) is 6. The summed E-state index contributed by atoms with van der Waals surface area (Å²) in [6, 6.07) is 0. The topological polar surface area (TPSA) is 57.5 Å². The van der Waals surface area contributed by atoms with Crippen molar-refractivity contribution < 1.29 is 15.0 Å². The van der Waals surface area contributed by atoms with Crippen LogP contribution in [-0.2, 0) is 4.79 Å². The van der Waals surface area contributed by atoms with Gasteiger partial charge in [0.25, 0.3) is 0 Å². The Bertz CT molecular complexity index is 356. The Hall–Kier alpha value is -1.35. The predicted molar refractivity (Wildman–Crippen MR) is 97.5 cm³/mol. The lowest BCUT2D eigenvalue weighted by Crippen LogP contribution is -2.00. The van der Waals surface area contributed by atoms with Crippen molar-refractivity contribution >= 4 is 5.97 Å². The van der Waals surface area contributed by atoms with Crippen LogP contribution >= 0.6 is 0 Å². The number of aliphatic carboxylic acids is 1. The van der Waals surface area contributed by atoms with E-state index in [2.05, 4.69) is 25.2 Å². The van der Waals surface area contributed by atoms with Crippen molar-refractivity contribution in [3.8, 4) is 0 Å². The molecule has 132 valence electrons. The van der Waals surface area contributed by atoms with Crippen LogP contribution in [0.25, 0.3) is 0 Å². The van der Waals surface area contributed by atoms with E-state index in [-0.39, 0.29) is 6.10 Å². The van der Waals surface area contributed by atoms with E-state index in [4.69, 9.17) is 5.11 Å². The van der Waals surface area contributed by atoms with E-state index >= 15 is 0 Å². The van der Waals surface area contributed by atoms with Gasteiger partial charge in [-0.15, -0.1) is 0 Å². The van der Waals surface area contributed by atoms with E-state index in [1.54, 1.807) is 0 Å². The first kappa shape index (κ1) is 21.6. The molecule has 0 saturated heterocycles. The maximum Gasteiger partial charge on any atom is 0.303 e. The highest BCUT2D eigenvalue weighted by Crippen LogP contribution is 2.06. The summed E-state index contributed by atoms with van der Waals surface area (Å²) in [7, 11) is 0. The Morgan fingerprint density at radius 2 is 1.74 bits per heavy atom. The van der Waals surface area contributed by atoms with Crippen molar-refractivity contribution in [2.45, 2.75) is 83.7 Å². The summed E-state index contributed by atoms with van der Waals surface area (Å²) >= 11 is 0. The van der Waals surface area contributed by atoms with Gasteiger partial charge < -0.3 is 10.2 Å². The summed E-state index contributed by atoms with van der Waals surface area (Å²) < 4.78 is 0. The molecule has 0 radical (unpaired) electrons. The van der Waals surface area contributed by atoms with Gasteiger partial charge in [0.1, 0.15) is 0 Å². The fraction of sp³-hybridized carbons (Fsp3) is 0.650. The fourth-order valence-electron chi connectivity index (χ4n) is 2.23. The molecule has 0 aliphatic carbocycles. The van der Waals surface area contributed by atoms with E-state index in [1.807, 2.05) is 18.2 Å². The maximum atomic E-state index is 10.3. The van der Waals surface area contributed by atoms with Gasteiger partial charge in [-0.2, -0.15) is 0 Å². The minimum absolute atomic E-state index is 0.293. The van der Waals surface area contributed by atoms with Crippen LogP contribution in [0.2, 0.25) is 0 Å². The lowest BCUT2D eigenvalue weighted by molar-refractivity contribution is -0.137. The van der Waals surface area contributed by atoms with Crippen molar-refractivity contribution in [1.29, 1.82) is 0 Å². The molecule has 3 nitrogen and oxygen atoms in total. The Morgan fingerprint density at radius 3 is 2.48 bits per heavy atom. The molecule has 0 unspecified atom stereocenters. The van der Waals surface area contributed by atoms with Crippen LogP contribution in [0.4, 0.5) is 0 Å². The highest BCUT2D eigenvalue weighted by Gasteiger charge is 1.96. The summed E-state index contributed by atoms with van der Waals surface area (Å²) in [4.78, 5) is 10.3. The summed E-state index contributed by atoms with van der Waals surface area (Å²) in [5, 5.41) is 18.2. The lowest BCUT2D eigenvalue weighted by Gasteiger charge is -2.02. The second-order valence-electron chi connectivity index (χ2n) is 5.93. The van der Waals surface area contributed by atoms with Crippen LogP contribution in [0.5, 0.6) is 0 Å². The molecule has 0 spiro atoms. The Kier molecular flexibility index (Phi) is 16.0. The van der Waals surface area contributed by atoms with Crippen molar-refractivity contribution in [1.82, 2.24) is 0 Å². The summed E-state index contributed by atoms with van der Waals surface area (Å²) in [6.45, 7) is 2.16. The van der Waals surface area contributed by atoms with Gasteiger partial charge in [0.2, 0.25) is 0 Å². The maximum absolute atomic E-state index is 10.3. The quantitative estimate of drug-likeness (QED) is 0.241. The van der Waals surface area contributed by atoms with E-state index in [0.717, 1.165) is 51.4 Å². The number of allylic oxidation sites excluding steroid dienone is 5. The molecule has 0 heterocycles. The normalized spacial score (nSPS) is 13.5. The first-order chi connectivity index (χ1) is 11.2. The first-order valence-electron chi connectivity index (χ1n) is 9.05. The number of rotatable bonds is 15. The van der Waals surface area contributed by atoms with Gasteiger partial charge in [-0.05, 0) is 32.1 Å². The average molecular weight is 322 g/mol. The number of aliphatic hydroxyl groups excluding tert-OH is 1. The molecule has 0 fully saturated rings. The van der Waals surface area contributed by atoms with E-state index in [0.29, 0.717) is 6.42 Å². The van der Waals surface area contributed by atoms with Crippen molar-refractivity contribution in [3.63, 3.8) is 0 Å². The van der Waals surface area contributed by atoms with Crippen molar-refractivity contribution in [3.05, 3.63) is 36.5 Å². The van der Waals surface area contributed by atoms with E-state index in [9.17, 15) is 9.90 Å². The van der Waals surface area contributed by atoms with Gasteiger partial charge in [0.15, 0.2) is 0 Å². The number of carboxylic acids is 1. The molecule has 0 amide bonds. The third-order valence-electron chi connectivity index (χ3n) is 3.63. The molecular weight excluding hydrogens is 288 g/mol. The standard InChI is InChI=1S/C20H34O3/c1-2-3-13-16-19(21)17-14-11-9-7-5-4-6-8-10-12-15-18-20(22)23/h4-5,9,11,14,17,19,21H,2-3,6-8,10,12-13,15-16,18H2,1H3,(H,22,23)/t19-/m0/s1. The molecule has 0 bridgehead atoms. The van der Waals surface area contributed by atoms with Gasteiger partial charge in [0.05, 0.1) is 6.10 Å². The highest BCUT2D eigenvalue weighted by molar-refractivity contribution is 5.66. The van der Waals surface area contributed by atoms with Gasteiger partial charge in [0, 0.05) is 6.42 Å². The molecule has 23 heavy (non-hydrogen) atoms. The summed E-state index contributed by atoms with van der Waals surface area (Å²) in [5.74, 6) is -0.695. The van der Waals surface area contributed by atoms with Crippen molar-refractivity contribution in [2.75, 3.05) is 0 Å². The van der Waals surface area contributed by atoms with E-state index in [1.165, 1.54) is 12.8 Å². The van der Waals surface area contributed by atoms with Gasteiger partial charge in [-0.1, -0.05) is 75.5 Å². The number of hydrogen-bond donors (Lipinski definition) is 2. The molecular formula is C20H34O3.